The lowest BCUT2D eigenvalue weighted by Gasteiger charge is -2.39. The van der Waals surface area contributed by atoms with Crippen molar-refractivity contribution in [1.29, 1.82) is 0 Å². The van der Waals surface area contributed by atoms with Crippen molar-refractivity contribution in [3.63, 3.8) is 0 Å². The monoisotopic (exact) mass is 420 g/mol. The van der Waals surface area contributed by atoms with Gasteiger partial charge in [0.25, 0.3) is 5.91 Å². The first-order chi connectivity index (χ1) is 13.4. The summed E-state index contributed by atoms with van der Waals surface area (Å²) in [5, 5.41) is 0.911. The summed E-state index contributed by atoms with van der Waals surface area (Å²) in [7, 11) is -3.05. The fourth-order valence-corrected chi connectivity index (χ4v) is 5.67. The zero-order valence-corrected chi connectivity index (χ0v) is 18.1. The topological polar surface area (TPSA) is 118 Å². The molecular formula is C20H29BN2O5S. The van der Waals surface area contributed by atoms with Gasteiger partial charge in [0.05, 0.1) is 22.3 Å². The number of nitrogens with two attached hydrogens (primary N) is 1. The largest absolute Gasteiger partial charge is 0.494 e. The van der Waals surface area contributed by atoms with Gasteiger partial charge in [-0.3, -0.25) is 13.9 Å². The van der Waals surface area contributed by atoms with Crippen LogP contribution in [0.2, 0.25) is 0 Å². The summed E-state index contributed by atoms with van der Waals surface area (Å²) in [5.41, 5.74) is 7.62. The molecule has 0 radical (unpaired) electrons. The van der Waals surface area contributed by atoms with E-state index >= 15 is 0 Å². The summed E-state index contributed by atoms with van der Waals surface area (Å²) in [5.74, 6) is 0.492. The minimum absolute atomic E-state index is 0.193. The van der Waals surface area contributed by atoms with Crippen molar-refractivity contribution in [2.75, 3.05) is 11.5 Å². The van der Waals surface area contributed by atoms with Crippen LogP contribution in [0.3, 0.4) is 0 Å². The number of benzene rings is 1. The van der Waals surface area contributed by atoms with Crippen LogP contribution in [0.25, 0.3) is 10.9 Å². The fourth-order valence-electron chi connectivity index (χ4n) is 4.14. The van der Waals surface area contributed by atoms with Crippen LogP contribution in [0.1, 0.15) is 62.4 Å². The zero-order chi connectivity index (χ0) is 21.2. The van der Waals surface area contributed by atoms with Gasteiger partial charge in [-0.05, 0) is 63.5 Å². The van der Waals surface area contributed by atoms with E-state index in [1.165, 1.54) is 0 Å². The number of H-pyrrole nitrogens is 1. The van der Waals surface area contributed by atoms with Crippen molar-refractivity contribution >= 4 is 40.0 Å². The van der Waals surface area contributed by atoms with E-state index in [0.29, 0.717) is 35.4 Å². The van der Waals surface area contributed by atoms with Crippen LogP contribution in [-0.2, 0) is 9.31 Å². The molecule has 2 aliphatic rings. The summed E-state index contributed by atoms with van der Waals surface area (Å²) in [4.78, 5) is 15.4. The Kier molecular flexibility index (Phi) is 4.83. The number of rotatable bonds is 3. The van der Waals surface area contributed by atoms with Gasteiger partial charge in [-0.1, -0.05) is 6.07 Å². The molecule has 1 aromatic carbocycles. The van der Waals surface area contributed by atoms with E-state index in [0.717, 1.165) is 16.4 Å². The predicted molar refractivity (Wildman–Crippen MR) is 117 cm³/mol. The first-order valence-corrected chi connectivity index (χ1v) is 11.8. The highest BCUT2D eigenvalue weighted by Crippen LogP contribution is 2.49. The summed E-state index contributed by atoms with van der Waals surface area (Å²) in [6.45, 7) is 7.95. The second-order valence-corrected chi connectivity index (χ2v) is 11.6. The first-order valence-electron chi connectivity index (χ1n) is 9.94. The maximum Gasteiger partial charge on any atom is 0.494 e. The highest BCUT2D eigenvalue weighted by atomic mass is 32.3. The molecule has 158 valence electrons. The van der Waals surface area contributed by atoms with Gasteiger partial charge in [-0.15, -0.1) is 0 Å². The van der Waals surface area contributed by atoms with Crippen molar-refractivity contribution in [2.45, 2.75) is 57.7 Å². The van der Waals surface area contributed by atoms with E-state index in [-0.39, 0.29) is 5.92 Å². The molecule has 7 nitrogen and oxygen atoms in total. The van der Waals surface area contributed by atoms with Crippen molar-refractivity contribution in [3.05, 3.63) is 29.5 Å². The minimum Gasteiger partial charge on any atom is -0.399 e. The summed E-state index contributed by atoms with van der Waals surface area (Å²) >= 11 is 0. The number of aromatic amines is 1. The molecule has 3 heterocycles. The van der Waals surface area contributed by atoms with Gasteiger partial charge in [0.2, 0.25) is 0 Å². The van der Waals surface area contributed by atoms with E-state index in [1.54, 1.807) is 6.07 Å². The van der Waals surface area contributed by atoms with E-state index in [1.807, 2.05) is 40.0 Å². The summed E-state index contributed by atoms with van der Waals surface area (Å²) in [6.07, 6.45) is 3.30. The Balaban J connectivity index is 1.77. The van der Waals surface area contributed by atoms with Crippen LogP contribution in [0.4, 0.5) is 0 Å². The molecular weight excluding hydrogens is 391 g/mol. The van der Waals surface area contributed by atoms with Crippen LogP contribution in [0.15, 0.2) is 18.3 Å². The zero-order valence-electron chi connectivity index (χ0n) is 17.3. The average molecular weight is 420 g/mol. The van der Waals surface area contributed by atoms with Crippen LogP contribution in [0, 0.1) is 0 Å². The molecule has 4 rings (SSSR count). The molecule has 2 aliphatic heterocycles. The summed E-state index contributed by atoms with van der Waals surface area (Å²) in [6, 6.07) is 3.74. The normalized spacial score (nSPS) is 24.7. The van der Waals surface area contributed by atoms with E-state index < -0.39 is 34.8 Å². The molecule has 0 unspecified atom stereocenters. The Morgan fingerprint density at radius 1 is 1.17 bits per heavy atom. The molecule has 29 heavy (non-hydrogen) atoms. The Hall–Kier alpha value is -1.52. The number of carbonyl (C=O) groups is 1. The average Bonchev–Trinajstić information content (AvgIpc) is 3.12. The smallest absolute Gasteiger partial charge is 0.399 e. The molecule has 9 heteroatoms. The Bertz CT molecular complexity index is 945. The highest BCUT2D eigenvalue weighted by molar-refractivity contribution is 8.24. The lowest BCUT2D eigenvalue weighted by Crippen LogP contribution is -2.41. The standard InChI is InChI=1S/C20H29BN2O5S/c1-19(2)20(3,4)28-21(27-19)13-9-14-16(12-5-7-29(25,26)8-6-12)11-23-17(14)15(10-13)18(22)24/h9-12,23,25-26H,5-8H2,1-4H3,(H2,22,24). The summed E-state index contributed by atoms with van der Waals surface area (Å²) < 4.78 is 32.2. The molecule has 1 aromatic heterocycles. The number of hydrogen-bond acceptors (Lipinski definition) is 5. The van der Waals surface area contributed by atoms with Gasteiger partial charge in [-0.25, -0.2) is 0 Å². The molecule has 0 spiro atoms. The van der Waals surface area contributed by atoms with Gasteiger partial charge >= 0.3 is 7.12 Å². The third kappa shape index (κ3) is 3.59. The molecule has 0 bridgehead atoms. The van der Waals surface area contributed by atoms with Crippen molar-refractivity contribution in [1.82, 2.24) is 4.98 Å². The maximum absolute atomic E-state index is 12.2. The van der Waals surface area contributed by atoms with E-state index in [2.05, 4.69) is 4.98 Å². The molecule has 2 aromatic rings. The molecule has 0 atom stereocenters. The second kappa shape index (κ2) is 6.75. The van der Waals surface area contributed by atoms with Crippen LogP contribution in [0.5, 0.6) is 0 Å². The van der Waals surface area contributed by atoms with Crippen LogP contribution in [-0.4, -0.2) is 49.8 Å². The van der Waals surface area contributed by atoms with Gasteiger partial charge in [0.15, 0.2) is 0 Å². The number of amides is 1. The van der Waals surface area contributed by atoms with Gasteiger partial charge < -0.3 is 20.0 Å². The number of carbonyl (C=O) groups excluding carboxylic acids is 1. The number of fused-ring (bicyclic) bond motifs is 1. The lowest BCUT2D eigenvalue weighted by atomic mass is 9.77. The molecule has 2 saturated heterocycles. The third-order valence-electron chi connectivity index (χ3n) is 6.66. The number of aromatic nitrogens is 1. The maximum atomic E-state index is 12.2. The number of nitrogens with one attached hydrogen (secondary N) is 1. The first kappa shape index (κ1) is 20.7. The second-order valence-electron chi connectivity index (χ2n) is 9.17. The van der Waals surface area contributed by atoms with E-state index in [4.69, 9.17) is 15.0 Å². The van der Waals surface area contributed by atoms with E-state index in [9.17, 15) is 13.9 Å². The van der Waals surface area contributed by atoms with Crippen molar-refractivity contribution in [2.24, 2.45) is 5.73 Å². The third-order valence-corrected chi connectivity index (χ3v) is 8.44. The fraction of sp³-hybridized carbons (Fsp3) is 0.550. The molecule has 0 aliphatic carbocycles. The van der Waals surface area contributed by atoms with Gasteiger partial charge in [0, 0.05) is 23.1 Å². The Morgan fingerprint density at radius 3 is 2.31 bits per heavy atom. The van der Waals surface area contributed by atoms with Crippen LogP contribution < -0.4 is 11.2 Å². The SMILES string of the molecule is CC1(C)OB(c2cc(C(N)=O)c3[nH]cc(C4CCS(O)(O)CC4)c3c2)OC1(C)C. The quantitative estimate of drug-likeness (QED) is 0.569. The number of hydrogen-bond donors (Lipinski definition) is 4. The number of primary amides is 1. The van der Waals surface area contributed by atoms with Crippen molar-refractivity contribution in [3.8, 4) is 0 Å². The Morgan fingerprint density at radius 2 is 1.76 bits per heavy atom. The molecule has 2 fully saturated rings. The molecule has 5 N–H and O–H groups in total. The minimum atomic E-state index is -2.45. The highest BCUT2D eigenvalue weighted by Gasteiger charge is 2.52. The van der Waals surface area contributed by atoms with Crippen molar-refractivity contribution < 1.29 is 23.2 Å². The van der Waals surface area contributed by atoms with Crippen LogP contribution >= 0.6 is 10.6 Å². The molecule has 1 amide bonds. The predicted octanol–water partition coefficient (Wildman–Crippen LogP) is 3.19. The lowest BCUT2D eigenvalue weighted by molar-refractivity contribution is 0.00578. The molecule has 0 saturated carbocycles. The van der Waals surface area contributed by atoms with Gasteiger partial charge in [0.1, 0.15) is 0 Å². The Labute approximate surface area is 172 Å². The van der Waals surface area contributed by atoms with Gasteiger partial charge in [-0.2, -0.15) is 10.6 Å².